The van der Waals surface area contributed by atoms with E-state index < -0.39 is 6.10 Å². The van der Waals surface area contributed by atoms with E-state index in [4.69, 9.17) is 16.3 Å². The molecule has 0 saturated heterocycles. The molecular formula is C9H10BrClN2O2. The predicted octanol–water partition coefficient (Wildman–Crippen LogP) is 2.47. The van der Waals surface area contributed by atoms with Gasteiger partial charge >= 0.3 is 0 Å². The smallest absolute Gasteiger partial charge is 0.253 e. The molecule has 0 spiro atoms. The zero-order valence-corrected chi connectivity index (χ0v) is 10.6. The first-order chi connectivity index (χ1) is 7.04. The number of halogens is 2. The molecule has 6 heteroatoms. The van der Waals surface area contributed by atoms with Gasteiger partial charge in [0.25, 0.3) is 5.91 Å². The topological polar surface area (TPSA) is 51.2 Å². The maximum Gasteiger partial charge on any atom is 0.253 e. The molecule has 0 radical (unpaired) electrons. The highest BCUT2D eigenvalue weighted by Crippen LogP contribution is 2.23. The number of aromatic nitrogens is 1. The van der Waals surface area contributed by atoms with Crippen molar-refractivity contribution < 1.29 is 9.53 Å². The second-order valence-electron chi connectivity index (χ2n) is 2.86. The predicted molar refractivity (Wildman–Crippen MR) is 62.0 cm³/mol. The summed E-state index contributed by atoms with van der Waals surface area (Å²) in [5.74, 6) is -0.248. The van der Waals surface area contributed by atoms with Gasteiger partial charge in [0, 0.05) is 13.3 Å². The molecule has 4 nitrogen and oxygen atoms in total. The lowest BCUT2D eigenvalue weighted by molar-refractivity contribution is -0.124. The first-order valence-corrected chi connectivity index (χ1v) is 5.36. The average Bonchev–Trinajstić information content (AvgIpc) is 2.22. The lowest BCUT2D eigenvalue weighted by Gasteiger charge is -2.11. The van der Waals surface area contributed by atoms with Gasteiger partial charge in [0.05, 0.1) is 10.7 Å². The maximum absolute atomic E-state index is 11.5. The van der Waals surface area contributed by atoms with Crippen LogP contribution in [0.3, 0.4) is 0 Å². The summed E-state index contributed by atoms with van der Waals surface area (Å²) < 4.78 is 5.40. The lowest BCUT2D eigenvalue weighted by Crippen LogP contribution is -2.26. The quantitative estimate of drug-likeness (QED) is 0.871. The first-order valence-electron chi connectivity index (χ1n) is 4.19. The molecule has 15 heavy (non-hydrogen) atoms. The summed E-state index contributed by atoms with van der Waals surface area (Å²) in [7, 11) is 1.47. The van der Waals surface area contributed by atoms with Crippen LogP contribution < -0.4 is 5.32 Å². The largest absolute Gasteiger partial charge is 0.372 e. The Kier molecular flexibility index (Phi) is 4.50. The third-order valence-electron chi connectivity index (χ3n) is 1.79. The Morgan fingerprint density at radius 1 is 1.73 bits per heavy atom. The second-order valence-corrected chi connectivity index (χ2v) is 4.05. The number of methoxy groups -OCH3 is 1. The number of amides is 1. The summed E-state index contributed by atoms with van der Waals surface area (Å²) in [6.07, 6.45) is 0.969. The monoisotopic (exact) mass is 292 g/mol. The molecule has 0 aliphatic carbocycles. The lowest BCUT2D eigenvalue weighted by atomic mass is 10.3. The van der Waals surface area contributed by atoms with Crippen LogP contribution in [0.15, 0.2) is 16.9 Å². The highest BCUT2D eigenvalue weighted by molar-refractivity contribution is 9.10. The summed E-state index contributed by atoms with van der Waals surface area (Å²) in [5.41, 5.74) is 0.524. The molecule has 1 aromatic rings. The Morgan fingerprint density at radius 2 is 2.40 bits per heavy atom. The van der Waals surface area contributed by atoms with E-state index in [9.17, 15) is 4.79 Å². The minimum atomic E-state index is -0.518. The number of ether oxygens (including phenoxy) is 1. The molecule has 1 N–H and O–H groups in total. The first kappa shape index (κ1) is 12.4. The number of carbonyl (C=O) groups excluding carboxylic acids is 1. The summed E-state index contributed by atoms with van der Waals surface area (Å²) in [6, 6.07) is 1.61. The number of pyridine rings is 1. The molecular weight excluding hydrogens is 283 g/mol. The van der Waals surface area contributed by atoms with Crippen LogP contribution in [0.4, 0.5) is 5.69 Å². The molecule has 1 unspecified atom stereocenters. The number of anilines is 1. The zero-order chi connectivity index (χ0) is 11.4. The normalized spacial score (nSPS) is 12.3. The van der Waals surface area contributed by atoms with E-state index in [0.717, 1.165) is 0 Å². The second kappa shape index (κ2) is 5.44. The molecule has 1 rings (SSSR count). The highest BCUT2D eigenvalue weighted by atomic mass is 79.9. The Hall–Kier alpha value is -0.650. The Labute approximate surface area is 101 Å². The van der Waals surface area contributed by atoms with E-state index in [-0.39, 0.29) is 5.91 Å². The van der Waals surface area contributed by atoms with Gasteiger partial charge in [-0.15, -0.1) is 0 Å². The molecule has 0 aliphatic rings. The van der Waals surface area contributed by atoms with Crippen molar-refractivity contribution in [3.05, 3.63) is 21.9 Å². The van der Waals surface area contributed by atoms with Gasteiger partial charge in [-0.1, -0.05) is 11.6 Å². The van der Waals surface area contributed by atoms with E-state index >= 15 is 0 Å². The molecule has 0 bridgehead atoms. The van der Waals surface area contributed by atoms with Gasteiger partial charge in [-0.3, -0.25) is 4.79 Å². The SMILES string of the molecule is COC(C)C(=O)Nc1cc(Cl)cnc1Br. The summed E-state index contributed by atoms with van der Waals surface area (Å²) >= 11 is 8.95. The van der Waals surface area contributed by atoms with Crippen molar-refractivity contribution in [3.63, 3.8) is 0 Å². The van der Waals surface area contributed by atoms with E-state index in [2.05, 4.69) is 26.2 Å². The molecule has 0 aromatic carbocycles. The highest BCUT2D eigenvalue weighted by Gasteiger charge is 2.13. The molecule has 0 aliphatic heterocycles. The standard InChI is InChI=1S/C9H10BrClN2O2/c1-5(15-2)9(14)13-7-3-6(11)4-12-8(7)10/h3-5H,1-2H3,(H,13,14). The Morgan fingerprint density at radius 3 is 3.00 bits per heavy atom. The molecule has 1 atom stereocenters. The van der Waals surface area contributed by atoms with Crippen molar-refractivity contribution in [1.29, 1.82) is 0 Å². The fraction of sp³-hybridized carbons (Fsp3) is 0.333. The van der Waals surface area contributed by atoms with Gasteiger partial charge in [-0.05, 0) is 28.9 Å². The van der Waals surface area contributed by atoms with Crippen LogP contribution in [0.25, 0.3) is 0 Å². The van der Waals surface area contributed by atoms with Crippen molar-refractivity contribution in [2.75, 3.05) is 12.4 Å². The van der Waals surface area contributed by atoms with Crippen LogP contribution in [-0.4, -0.2) is 24.1 Å². The van der Waals surface area contributed by atoms with Crippen molar-refractivity contribution in [1.82, 2.24) is 4.98 Å². The van der Waals surface area contributed by atoms with Crippen molar-refractivity contribution in [2.45, 2.75) is 13.0 Å². The third kappa shape index (κ3) is 3.44. The van der Waals surface area contributed by atoms with E-state index in [1.54, 1.807) is 13.0 Å². The maximum atomic E-state index is 11.5. The Balaban J connectivity index is 2.80. The van der Waals surface area contributed by atoms with Crippen molar-refractivity contribution in [2.24, 2.45) is 0 Å². The number of hydrogen-bond acceptors (Lipinski definition) is 3. The fourth-order valence-electron chi connectivity index (χ4n) is 0.852. The van der Waals surface area contributed by atoms with Gasteiger partial charge in [0.1, 0.15) is 10.7 Å². The third-order valence-corrected chi connectivity index (χ3v) is 2.62. The number of nitrogens with one attached hydrogen (secondary N) is 1. The van der Waals surface area contributed by atoms with Gasteiger partial charge in [-0.2, -0.15) is 0 Å². The van der Waals surface area contributed by atoms with E-state index in [1.807, 2.05) is 0 Å². The van der Waals surface area contributed by atoms with Crippen LogP contribution >= 0.6 is 27.5 Å². The minimum Gasteiger partial charge on any atom is -0.372 e. The van der Waals surface area contributed by atoms with Crippen LogP contribution in [0.5, 0.6) is 0 Å². The number of nitrogens with zero attached hydrogens (tertiary/aromatic N) is 1. The van der Waals surface area contributed by atoms with E-state index in [0.29, 0.717) is 15.3 Å². The van der Waals surface area contributed by atoms with Gasteiger partial charge < -0.3 is 10.1 Å². The van der Waals surface area contributed by atoms with Crippen LogP contribution in [0, 0.1) is 0 Å². The minimum absolute atomic E-state index is 0.248. The fourth-order valence-corrected chi connectivity index (χ4v) is 1.33. The molecule has 0 fully saturated rings. The van der Waals surface area contributed by atoms with Crippen molar-refractivity contribution >= 4 is 39.1 Å². The van der Waals surface area contributed by atoms with Crippen LogP contribution in [-0.2, 0) is 9.53 Å². The number of rotatable bonds is 3. The van der Waals surface area contributed by atoms with Crippen LogP contribution in [0.1, 0.15) is 6.92 Å². The average molecular weight is 294 g/mol. The summed E-state index contributed by atoms with van der Waals surface area (Å²) in [4.78, 5) is 15.4. The molecule has 1 aromatic heterocycles. The van der Waals surface area contributed by atoms with Gasteiger partial charge in [-0.25, -0.2) is 4.98 Å². The summed E-state index contributed by atoms with van der Waals surface area (Å²) in [6.45, 7) is 1.65. The molecule has 1 heterocycles. The Bertz CT molecular complexity index is 373. The summed E-state index contributed by atoms with van der Waals surface area (Å²) in [5, 5.41) is 3.10. The van der Waals surface area contributed by atoms with E-state index in [1.165, 1.54) is 13.3 Å². The van der Waals surface area contributed by atoms with Gasteiger partial charge in [0.2, 0.25) is 0 Å². The van der Waals surface area contributed by atoms with Crippen LogP contribution in [0.2, 0.25) is 5.02 Å². The molecule has 0 saturated carbocycles. The molecule has 82 valence electrons. The van der Waals surface area contributed by atoms with Gasteiger partial charge in [0.15, 0.2) is 0 Å². The van der Waals surface area contributed by atoms with Crippen molar-refractivity contribution in [3.8, 4) is 0 Å². The number of hydrogen-bond donors (Lipinski definition) is 1. The zero-order valence-electron chi connectivity index (χ0n) is 8.25. The number of carbonyl (C=O) groups is 1. The molecule has 1 amide bonds.